The molecule has 0 spiro atoms. The molecule has 2 N–H and O–H groups in total. The zero-order chi connectivity index (χ0) is 13.7. The van der Waals surface area contributed by atoms with Gasteiger partial charge in [-0.05, 0) is 24.1 Å². The van der Waals surface area contributed by atoms with E-state index in [9.17, 15) is 5.11 Å². The van der Waals surface area contributed by atoms with Gasteiger partial charge in [0, 0.05) is 17.5 Å². The topological polar surface area (TPSA) is 32.3 Å². The van der Waals surface area contributed by atoms with Gasteiger partial charge in [-0.25, -0.2) is 0 Å². The minimum atomic E-state index is -0.506. The van der Waals surface area contributed by atoms with Crippen LogP contribution in [0.1, 0.15) is 24.2 Å². The van der Waals surface area contributed by atoms with E-state index in [-0.39, 0.29) is 6.04 Å². The second kappa shape index (κ2) is 6.75. The van der Waals surface area contributed by atoms with Crippen molar-refractivity contribution in [3.63, 3.8) is 0 Å². The first-order chi connectivity index (χ1) is 9.18. The van der Waals surface area contributed by atoms with Crippen molar-refractivity contribution in [3.8, 4) is 0 Å². The summed E-state index contributed by atoms with van der Waals surface area (Å²) in [5.41, 5.74) is 2.07. The highest BCUT2D eigenvalue weighted by atomic mass is 32.1. The molecular formula is C16H19NOS. The normalized spacial score (nSPS) is 14.1. The van der Waals surface area contributed by atoms with E-state index >= 15 is 0 Å². The molecule has 0 amide bonds. The average Bonchev–Trinajstić information content (AvgIpc) is 2.46. The van der Waals surface area contributed by atoms with Gasteiger partial charge in [0.05, 0.1) is 6.10 Å². The maximum absolute atomic E-state index is 10.3. The molecule has 0 radical (unpaired) electrons. The number of aliphatic hydroxyl groups excluding tert-OH is 1. The second-order valence-corrected chi connectivity index (χ2v) is 5.14. The largest absolute Gasteiger partial charge is 0.387 e. The number of hydrogen-bond donors (Lipinski definition) is 3. The number of nitrogens with one attached hydrogen (secondary N) is 1. The second-order valence-electron chi connectivity index (χ2n) is 4.65. The monoisotopic (exact) mass is 273 g/mol. The molecule has 0 bridgehead atoms. The minimum Gasteiger partial charge on any atom is -0.387 e. The molecule has 2 nitrogen and oxygen atoms in total. The van der Waals surface area contributed by atoms with Crippen molar-refractivity contribution in [2.75, 3.05) is 0 Å². The molecule has 0 saturated heterocycles. The van der Waals surface area contributed by atoms with E-state index in [1.54, 1.807) is 0 Å². The van der Waals surface area contributed by atoms with Crippen LogP contribution >= 0.6 is 12.6 Å². The van der Waals surface area contributed by atoms with E-state index in [4.69, 9.17) is 0 Å². The third kappa shape index (κ3) is 3.83. The summed E-state index contributed by atoms with van der Waals surface area (Å²) in [5.74, 6) is 0. The fourth-order valence-corrected chi connectivity index (χ4v) is 2.22. The molecule has 19 heavy (non-hydrogen) atoms. The van der Waals surface area contributed by atoms with Gasteiger partial charge in [0.25, 0.3) is 0 Å². The molecule has 100 valence electrons. The fraction of sp³-hybridized carbons (Fsp3) is 0.250. The van der Waals surface area contributed by atoms with Crippen molar-refractivity contribution in [2.45, 2.75) is 30.5 Å². The standard InChI is InChI=1S/C16H19NOS/c1-12(16(18)13-7-3-2-4-8-13)17-11-14-9-5-6-10-15(14)19/h2-10,12,16-19H,11H2,1H3. The van der Waals surface area contributed by atoms with Crippen LogP contribution in [0.25, 0.3) is 0 Å². The number of thiol groups is 1. The Morgan fingerprint density at radius 1 is 1.05 bits per heavy atom. The maximum atomic E-state index is 10.3. The van der Waals surface area contributed by atoms with E-state index in [1.807, 2.05) is 61.5 Å². The number of hydrogen-bond acceptors (Lipinski definition) is 3. The SMILES string of the molecule is CC(NCc1ccccc1S)C(O)c1ccccc1. The molecule has 0 fully saturated rings. The zero-order valence-corrected chi connectivity index (χ0v) is 11.8. The smallest absolute Gasteiger partial charge is 0.0940 e. The molecule has 0 aromatic heterocycles. The van der Waals surface area contributed by atoms with Gasteiger partial charge in [-0.15, -0.1) is 12.6 Å². The maximum Gasteiger partial charge on any atom is 0.0940 e. The first kappa shape index (κ1) is 14.1. The van der Waals surface area contributed by atoms with Crippen LogP contribution in [-0.4, -0.2) is 11.1 Å². The minimum absolute atomic E-state index is 0.0182. The first-order valence-corrected chi connectivity index (χ1v) is 6.86. The Labute approximate surface area is 119 Å². The van der Waals surface area contributed by atoms with Crippen molar-refractivity contribution in [1.82, 2.24) is 5.32 Å². The number of aliphatic hydroxyl groups is 1. The molecule has 3 heteroatoms. The Bertz CT molecular complexity index is 515. The van der Waals surface area contributed by atoms with E-state index in [1.165, 1.54) is 0 Å². The Hall–Kier alpha value is -1.29. The summed E-state index contributed by atoms with van der Waals surface area (Å²) in [6.07, 6.45) is -0.506. The van der Waals surface area contributed by atoms with Crippen LogP contribution < -0.4 is 5.32 Å². The van der Waals surface area contributed by atoms with Crippen LogP contribution in [0.5, 0.6) is 0 Å². The van der Waals surface area contributed by atoms with Gasteiger partial charge in [0.15, 0.2) is 0 Å². The van der Waals surface area contributed by atoms with E-state index < -0.39 is 6.10 Å². The summed E-state index contributed by atoms with van der Waals surface area (Å²) in [7, 11) is 0. The van der Waals surface area contributed by atoms with Crippen molar-refractivity contribution in [1.29, 1.82) is 0 Å². The predicted molar refractivity (Wildman–Crippen MR) is 81.4 cm³/mol. The molecule has 0 aliphatic rings. The Kier molecular flexibility index (Phi) is 5.02. The average molecular weight is 273 g/mol. The molecule has 2 aromatic rings. The van der Waals surface area contributed by atoms with Gasteiger partial charge in [-0.1, -0.05) is 48.5 Å². The van der Waals surface area contributed by atoms with Crippen LogP contribution in [0.4, 0.5) is 0 Å². The lowest BCUT2D eigenvalue weighted by molar-refractivity contribution is 0.135. The van der Waals surface area contributed by atoms with Gasteiger partial charge in [-0.2, -0.15) is 0 Å². The lowest BCUT2D eigenvalue weighted by Crippen LogP contribution is -2.31. The van der Waals surface area contributed by atoms with Crippen molar-refractivity contribution in [2.24, 2.45) is 0 Å². The van der Waals surface area contributed by atoms with Gasteiger partial charge in [0.2, 0.25) is 0 Å². The van der Waals surface area contributed by atoms with Gasteiger partial charge >= 0.3 is 0 Å². The molecule has 0 aliphatic heterocycles. The number of rotatable bonds is 5. The van der Waals surface area contributed by atoms with Crippen LogP contribution in [0.3, 0.4) is 0 Å². The quantitative estimate of drug-likeness (QED) is 0.731. The molecule has 2 atom stereocenters. The third-order valence-electron chi connectivity index (χ3n) is 3.22. The van der Waals surface area contributed by atoms with Crippen molar-refractivity contribution < 1.29 is 5.11 Å². The summed E-state index contributed by atoms with van der Waals surface area (Å²) in [4.78, 5) is 0.969. The van der Waals surface area contributed by atoms with Crippen molar-refractivity contribution >= 4 is 12.6 Å². The van der Waals surface area contributed by atoms with E-state index in [2.05, 4.69) is 17.9 Å². The van der Waals surface area contributed by atoms with E-state index in [0.29, 0.717) is 6.54 Å². The van der Waals surface area contributed by atoms with Gasteiger partial charge < -0.3 is 10.4 Å². The Morgan fingerprint density at radius 2 is 1.68 bits per heavy atom. The fourth-order valence-electron chi connectivity index (χ4n) is 1.98. The lowest BCUT2D eigenvalue weighted by Gasteiger charge is -2.21. The first-order valence-electron chi connectivity index (χ1n) is 6.41. The van der Waals surface area contributed by atoms with E-state index in [0.717, 1.165) is 16.0 Å². The molecule has 0 saturated carbocycles. The van der Waals surface area contributed by atoms with Crippen LogP contribution in [0.15, 0.2) is 59.5 Å². The Balaban J connectivity index is 1.95. The molecule has 2 unspecified atom stereocenters. The highest BCUT2D eigenvalue weighted by Crippen LogP contribution is 2.17. The highest BCUT2D eigenvalue weighted by Gasteiger charge is 2.15. The highest BCUT2D eigenvalue weighted by molar-refractivity contribution is 7.80. The van der Waals surface area contributed by atoms with Crippen LogP contribution in [-0.2, 0) is 6.54 Å². The van der Waals surface area contributed by atoms with Crippen LogP contribution in [0.2, 0.25) is 0 Å². The summed E-state index contributed by atoms with van der Waals surface area (Å²) >= 11 is 4.42. The summed E-state index contributed by atoms with van der Waals surface area (Å²) in [6.45, 7) is 2.68. The molecule has 2 rings (SSSR count). The number of benzene rings is 2. The van der Waals surface area contributed by atoms with Gasteiger partial charge in [-0.3, -0.25) is 0 Å². The summed E-state index contributed by atoms with van der Waals surface area (Å²) < 4.78 is 0. The zero-order valence-electron chi connectivity index (χ0n) is 11.0. The molecule has 0 aliphatic carbocycles. The van der Waals surface area contributed by atoms with Crippen LogP contribution in [0, 0.1) is 0 Å². The predicted octanol–water partition coefficient (Wildman–Crippen LogP) is 3.19. The summed E-state index contributed by atoms with van der Waals surface area (Å²) in [5, 5.41) is 13.6. The molecule has 2 aromatic carbocycles. The lowest BCUT2D eigenvalue weighted by atomic mass is 10.0. The van der Waals surface area contributed by atoms with Gasteiger partial charge in [0.1, 0.15) is 0 Å². The molecular weight excluding hydrogens is 254 g/mol. The third-order valence-corrected chi connectivity index (χ3v) is 3.66. The van der Waals surface area contributed by atoms with Crippen molar-refractivity contribution in [3.05, 3.63) is 65.7 Å². The molecule has 0 heterocycles. The Morgan fingerprint density at radius 3 is 2.37 bits per heavy atom. The summed E-state index contributed by atoms with van der Waals surface area (Å²) in [6, 6.07) is 17.7.